The van der Waals surface area contributed by atoms with Gasteiger partial charge in [-0.1, -0.05) is 57.9 Å². The van der Waals surface area contributed by atoms with Gasteiger partial charge < -0.3 is 4.42 Å². The van der Waals surface area contributed by atoms with Crippen molar-refractivity contribution < 1.29 is 4.42 Å². The van der Waals surface area contributed by atoms with Crippen LogP contribution in [0.5, 0.6) is 0 Å². The molecule has 5 heteroatoms. The predicted molar refractivity (Wildman–Crippen MR) is 87.5 cm³/mol. The molecule has 0 radical (unpaired) electrons. The summed E-state index contributed by atoms with van der Waals surface area (Å²) in [6.45, 7) is 0. The normalized spacial score (nSPS) is 11.3. The first-order chi connectivity index (χ1) is 10.2. The Morgan fingerprint density at radius 3 is 2.62 bits per heavy atom. The maximum absolute atomic E-state index is 6.27. The van der Waals surface area contributed by atoms with Gasteiger partial charge in [0, 0.05) is 15.4 Å². The van der Waals surface area contributed by atoms with Crippen molar-refractivity contribution in [2.75, 3.05) is 0 Å². The highest BCUT2D eigenvalue weighted by atomic mass is 79.9. The third-order valence-electron chi connectivity index (χ3n) is 3.26. The highest BCUT2D eigenvalue weighted by Crippen LogP contribution is 2.34. The first kappa shape index (κ1) is 12.8. The second-order valence-electron chi connectivity index (χ2n) is 4.62. The monoisotopic (exact) mass is 358 g/mol. The molecule has 0 saturated heterocycles. The molecule has 0 bridgehead atoms. The van der Waals surface area contributed by atoms with E-state index in [4.69, 9.17) is 16.0 Å². The Morgan fingerprint density at radius 1 is 1.00 bits per heavy atom. The lowest BCUT2D eigenvalue weighted by Crippen LogP contribution is -1.89. The zero-order valence-corrected chi connectivity index (χ0v) is 13.0. The number of halogens is 2. The van der Waals surface area contributed by atoms with Gasteiger partial charge in [-0.25, -0.2) is 9.97 Å². The zero-order chi connectivity index (χ0) is 14.4. The van der Waals surface area contributed by atoms with Gasteiger partial charge in [0.25, 0.3) is 0 Å². The summed E-state index contributed by atoms with van der Waals surface area (Å²) in [5.74, 6) is 0.593. The third-order valence-corrected chi connectivity index (χ3v) is 4.01. The van der Waals surface area contributed by atoms with Crippen LogP contribution in [0, 0.1) is 0 Å². The Hall–Kier alpha value is -1.91. The molecule has 0 atom stereocenters. The van der Waals surface area contributed by atoms with E-state index in [2.05, 4.69) is 25.9 Å². The minimum Gasteiger partial charge on any atom is -0.451 e. The van der Waals surface area contributed by atoms with Crippen molar-refractivity contribution in [3.8, 4) is 11.4 Å². The van der Waals surface area contributed by atoms with Crippen molar-refractivity contribution >= 4 is 49.6 Å². The fourth-order valence-corrected chi connectivity index (χ4v) is 2.87. The lowest BCUT2D eigenvalue weighted by molar-refractivity contribution is 0.666. The van der Waals surface area contributed by atoms with Crippen LogP contribution in [0.1, 0.15) is 0 Å². The van der Waals surface area contributed by atoms with Gasteiger partial charge in [-0.2, -0.15) is 0 Å². The van der Waals surface area contributed by atoms with Crippen LogP contribution in [0.4, 0.5) is 0 Å². The highest BCUT2D eigenvalue weighted by molar-refractivity contribution is 9.10. The second kappa shape index (κ2) is 4.83. The van der Waals surface area contributed by atoms with E-state index < -0.39 is 0 Å². The fourth-order valence-electron chi connectivity index (χ4n) is 2.30. The summed E-state index contributed by atoms with van der Waals surface area (Å²) in [6, 6.07) is 15.5. The van der Waals surface area contributed by atoms with Crippen LogP contribution in [0.15, 0.2) is 57.4 Å². The topological polar surface area (TPSA) is 38.9 Å². The van der Waals surface area contributed by atoms with E-state index in [1.165, 1.54) is 0 Å². The van der Waals surface area contributed by atoms with Gasteiger partial charge in [-0.05, 0) is 18.2 Å². The number of rotatable bonds is 1. The van der Waals surface area contributed by atoms with Crippen LogP contribution in [-0.2, 0) is 0 Å². The molecule has 0 spiro atoms. The van der Waals surface area contributed by atoms with Crippen molar-refractivity contribution in [3.05, 3.63) is 58.2 Å². The SMILES string of the molecule is Clc1nc(-c2ccccc2)nc2c1oc1ccc(Br)cc12. The van der Waals surface area contributed by atoms with E-state index in [1.54, 1.807) is 0 Å². The molecule has 0 fully saturated rings. The Labute approximate surface area is 133 Å². The van der Waals surface area contributed by atoms with E-state index in [9.17, 15) is 0 Å². The molecule has 0 aliphatic heterocycles. The number of benzene rings is 2. The number of fused-ring (bicyclic) bond motifs is 3. The van der Waals surface area contributed by atoms with E-state index >= 15 is 0 Å². The number of hydrogen-bond donors (Lipinski definition) is 0. The lowest BCUT2D eigenvalue weighted by Gasteiger charge is -2.00. The molecule has 2 aromatic heterocycles. The van der Waals surface area contributed by atoms with Crippen molar-refractivity contribution in [2.45, 2.75) is 0 Å². The Kier molecular flexibility index (Phi) is 2.94. The van der Waals surface area contributed by atoms with E-state index in [0.717, 1.165) is 26.5 Å². The molecule has 0 amide bonds. The van der Waals surface area contributed by atoms with E-state index in [0.29, 0.717) is 16.6 Å². The first-order valence-corrected chi connectivity index (χ1v) is 7.50. The maximum Gasteiger partial charge on any atom is 0.191 e. The molecule has 0 unspecified atom stereocenters. The molecule has 3 nitrogen and oxygen atoms in total. The van der Waals surface area contributed by atoms with Crippen molar-refractivity contribution in [3.63, 3.8) is 0 Å². The van der Waals surface area contributed by atoms with Gasteiger partial charge in [-0.15, -0.1) is 0 Å². The minimum absolute atomic E-state index is 0.325. The molecule has 0 N–H and O–H groups in total. The average molecular weight is 360 g/mol. The number of furan rings is 1. The van der Waals surface area contributed by atoms with Crippen molar-refractivity contribution in [1.82, 2.24) is 9.97 Å². The molecule has 2 heterocycles. The number of nitrogens with zero attached hydrogens (tertiary/aromatic N) is 2. The summed E-state index contributed by atoms with van der Waals surface area (Å²) in [6.07, 6.45) is 0. The molecule has 102 valence electrons. The Bertz CT molecular complexity index is 966. The summed E-state index contributed by atoms with van der Waals surface area (Å²) in [5, 5.41) is 1.24. The molecule has 0 saturated carbocycles. The van der Waals surface area contributed by atoms with E-state index in [-0.39, 0.29) is 0 Å². The van der Waals surface area contributed by atoms with Gasteiger partial charge >= 0.3 is 0 Å². The van der Waals surface area contributed by atoms with Crippen LogP contribution in [0.2, 0.25) is 5.15 Å². The molecular formula is C16H8BrClN2O. The zero-order valence-electron chi connectivity index (χ0n) is 10.7. The van der Waals surface area contributed by atoms with Gasteiger partial charge in [0.2, 0.25) is 0 Å². The Morgan fingerprint density at radius 2 is 1.81 bits per heavy atom. The fraction of sp³-hybridized carbons (Fsp3) is 0. The molecule has 21 heavy (non-hydrogen) atoms. The molecule has 4 aromatic rings. The third kappa shape index (κ3) is 2.11. The van der Waals surface area contributed by atoms with Crippen LogP contribution < -0.4 is 0 Å². The van der Waals surface area contributed by atoms with Gasteiger partial charge in [0.1, 0.15) is 11.1 Å². The molecule has 0 aliphatic rings. The average Bonchev–Trinajstić information content (AvgIpc) is 2.87. The Balaban J connectivity index is 2.08. The maximum atomic E-state index is 6.27. The van der Waals surface area contributed by atoms with Gasteiger partial charge in [-0.3, -0.25) is 0 Å². The molecule has 2 aromatic carbocycles. The van der Waals surface area contributed by atoms with Crippen molar-refractivity contribution in [1.29, 1.82) is 0 Å². The molecule has 4 rings (SSSR count). The summed E-state index contributed by atoms with van der Waals surface area (Å²) >= 11 is 9.73. The highest BCUT2D eigenvalue weighted by Gasteiger charge is 2.15. The minimum atomic E-state index is 0.325. The summed E-state index contributed by atoms with van der Waals surface area (Å²) in [4.78, 5) is 8.96. The smallest absolute Gasteiger partial charge is 0.191 e. The lowest BCUT2D eigenvalue weighted by atomic mass is 10.2. The number of hydrogen-bond acceptors (Lipinski definition) is 3. The van der Waals surface area contributed by atoms with Crippen LogP contribution in [-0.4, -0.2) is 9.97 Å². The quantitative estimate of drug-likeness (QED) is 0.424. The standard InChI is InChI=1S/C16H8BrClN2O/c17-10-6-7-12-11(8-10)13-14(21-12)15(18)20-16(19-13)9-4-2-1-3-5-9/h1-8H. The van der Waals surface area contributed by atoms with Crippen molar-refractivity contribution in [2.24, 2.45) is 0 Å². The second-order valence-corrected chi connectivity index (χ2v) is 5.90. The van der Waals surface area contributed by atoms with Gasteiger partial charge in [0.15, 0.2) is 16.6 Å². The van der Waals surface area contributed by atoms with Gasteiger partial charge in [0.05, 0.1) is 0 Å². The van der Waals surface area contributed by atoms with E-state index in [1.807, 2.05) is 48.5 Å². The summed E-state index contributed by atoms with van der Waals surface area (Å²) in [7, 11) is 0. The molecule has 0 aliphatic carbocycles. The van der Waals surface area contributed by atoms with Crippen LogP contribution in [0.25, 0.3) is 33.5 Å². The first-order valence-electron chi connectivity index (χ1n) is 6.33. The predicted octanol–water partition coefficient (Wildman–Crippen LogP) is 5.46. The largest absolute Gasteiger partial charge is 0.451 e. The van der Waals surface area contributed by atoms with Crippen LogP contribution >= 0.6 is 27.5 Å². The summed E-state index contributed by atoms with van der Waals surface area (Å²) in [5.41, 5.74) is 2.91. The summed E-state index contributed by atoms with van der Waals surface area (Å²) < 4.78 is 6.72. The number of aromatic nitrogens is 2. The molecular weight excluding hydrogens is 352 g/mol. The van der Waals surface area contributed by atoms with Crippen LogP contribution in [0.3, 0.4) is 0 Å².